The highest BCUT2D eigenvalue weighted by atomic mass is 127. The van der Waals surface area contributed by atoms with Crippen LogP contribution in [0.15, 0.2) is 12.1 Å². The number of rotatable bonds is 0. The van der Waals surface area contributed by atoms with Crippen LogP contribution in [0.2, 0.25) is 0 Å². The normalized spacial score (nSPS) is 13.0. The smallest absolute Gasteiger partial charge is 0.166 e. The van der Waals surface area contributed by atoms with Crippen molar-refractivity contribution in [3.05, 3.63) is 30.4 Å². The molecule has 0 bridgehead atoms. The monoisotopic (exact) mass is 466 g/mol. The van der Waals surface area contributed by atoms with E-state index in [1.54, 1.807) is 0 Å². The number of hydrogen-bond acceptors (Lipinski definition) is 0. The standard InChI is InChI=1S/C8H2F6I2/c9-7(10,11)3-1-2-4(15)5(6(3)16)8(12,13)14/h1-2H. The molecule has 1 rings (SSSR count). The Kier molecular flexibility index (Phi) is 4.03. The molecule has 0 heterocycles. The van der Waals surface area contributed by atoms with Crippen LogP contribution >= 0.6 is 45.2 Å². The molecule has 90 valence electrons. The van der Waals surface area contributed by atoms with E-state index in [0.717, 1.165) is 28.7 Å². The van der Waals surface area contributed by atoms with E-state index >= 15 is 0 Å². The summed E-state index contributed by atoms with van der Waals surface area (Å²) >= 11 is 2.44. The maximum Gasteiger partial charge on any atom is 0.418 e. The first-order valence-electron chi connectivity index (χ1n) is 3.67. The highest BCUT2D eigenvalue weighted by Gasteiger charge is 2.41. The summed E-state index contributed by atoms with van der Waals surface area (Å²) in [6, 6.07) is 1.47. The van der Waals surface area contributed by atoms with Gasteiger partial charge in [-0.1, -0.05) is 0 Å². The second-order valence-electron chi connectivity index (χ2n) is 2.78. The highest BCUT2D eigenvalue weighted by molar-refractivity contribution is 14.1. The lowest BCUT2D eigenvalue weighted by atomic mass is 10.1. The largest absolute Gasteiger partial charge is 0.418 e. The maximum absolute atomic E-state index is 12.5. The van der Waals surface area contributed by atoms with Gasteiger partial charge in [-0.15, -0.1) is 0 Å². The molecule has 0 saturated heterocycles. The SMILES string of the molecule is FC(F)(F)c1ccc(I)c(C(F)(F)F)c1I. The lowest BCUT2D eigenvalue weighted by Crippen LogP contribution is -2.16. The topological polar surface area (TPSA) is 0 Å². The van der Waals surface area contributed by atoms with Crippen molar-refractivity contribution < 1.29 is 26.3 Å². The van der Waals surface area contributed by atoms with E-state index in [-0.39, 0.29) is 3.57 Å². The van der Waals surface area contributed by atoms with Crippen LogP contribution in [0.5, 0.6) is 0 Å². The number of hydrogen-bond donors (Lipinski definition) is 0. The Balaban J connectivity index is 3.52. The van der Waals surface area contributed by atoms with Crippen LogP contribution in [0.25, 0.3) is 0 Å². The molecule has 0 N–H and O–H groups in total. The minimum atomic E-state index is -4.78. The Morgan fingerprint density at radius 3 is 1.69 bits per heavy atom. The molecule has 0 saturated carbocycles. The fourth-order valence-corrected chi connectivity index (χ4v) is 3.38. The Morgan fingerprint density at radius 1 is 0.812 bits per heavy atom. The first-order chi connectivity index (χ1) is 7.05. The Bertz CT molecular complexity index is 406. The molecule has 0 fully saturated rings. The van der Waals surface area contributed by atoms with Gasteiger partial charge in [-0.2, -0.15) is 26.3 Å². The fourth-order valence-electron chi connectivity index (χ4n) is 1.03. The van der Waals surface area contributed by atoms with Gasteiger partial charge in [0, 0.05) is 7.14 Å². The quantitative estimate of drug-likeness (QED) is 0.376. The van der Waals surface area contributed by atoms with Crippen molar-refractivity contribution in [2.24, 2.45) is 0 Å². The van der Waals surface area contributed by atoms with Gasteiger partial charge in [-0.05, 0) is 57.3 Å². The summed E-state index contributed by atoms with van der Waals surface area (Å²) in [4.78, 5) is 0. The lowest BCUT2D eigenvalue weighted by molar-refractivity contribution is -0.144. The van der Waals surface area contributed by atoms with Gasteiger partial charge in [0.2, 0.25) is 0 Å². The molecule has 0 aromatic heterocycles. The van der Waals surface area contributed by atoms with Crippen molar-refractivity contribution in [2.75, 3.05) is 0 Å². The van der Waals surface area contributed by atoms with Gasteiger partial charge in [0.1, 0.15) is 0 Å². The minimum Gasteiger partial charge on any atom is -0.166 e. The van der Waals surface area contributed by atoms with Crippen LogP contribution in [0, 0.1) is 7.14 Å². The average Bonchev–Trinajstić information content (AvgIpc) is 1.97. The van der Waals surface area contributed by atoms with Crippen LogP contribution in [0.1, 0.15) is 11.1 Å². The zero-order valence-electron chi connectivity index (χ0n) is 7.18. The van der Waals surface area contributed by atoms with Gasteiger partial charge >= 0.3 is 12.4 Å². The van der Waals surface area contributed by atoms with Gasteiger partial charge in [-0.25, -0.2) is 0 Å². The molecule has 8 heteroatoms. The number of alkyl halides is 6. The van der Waals surface area contributed by atoms with E-state index in [9.17, 15) is 26.3 Å². The van der Waals surface area contributed by atoms with E-state index in [0.29, 0.717) is 6.07 Å². The van der Waals surface area contributed by atoms with Gasteiger partial charge in [0.15, 0.2) is 0 Å². The third-order valence-corrected chi connectivity index (χ3v) is 3.70. The van der Waals surface area contributed by atoms with Crippen molar-refractivity contribution >= 4 is 45.2 Å². The summed E-state index contributed by atoms with van der Waals surface area (Å²) in [5.74, 6) is 0. The van der Waals surface area contributed by atoms with E-state index in [2.05, 4.69) is 0 Å². The molecule has 0 radical (unpaired) electrons. The number of halogens is 8. The fraction of sp³-hybridized carbons (Fsp3) is 0.250. The third-order valence-electron chi connectivity index (χ3n) is 1.68. The van der Waals surface area contributed by atoms with Crippen molar-refractivity contribution in [3.63, 3.8) is 0 Å². The molecule has 0 unspecified atom stereocenters. The second-order valence-corrected chi connectivity index (χ2v) is 5.02. The van der Waals surface area contributed by atoms with E-state index in [1.807, 2.05) is 0 Å². The first-order valence-corrected chi connectivity index (χ1v) is 5.83. The average molecular weight is 466 g/mol. The van der Waals surface area contributed by atoms with Crippen LogP contribution < -0.4 is 0 Å². The molecule has 1 aromatic rings. The molecule has 0 aliphatic carbocycles. The molecule has 0 spiro atoms. The molecule has 0 atom stereocenters. The van der Waals surface area contributed by atoms with Crippen molar-refractivity contribution in [3.8, 4) is 0 Å². The van der Waals surface area contributed by atoms with Gasteiger partial charge < -0.3 is 0 Å². The molecule has 0 aliphatic rings. The van der Waals surface area contributed by atoms with E-state index < -0.39 is 27.0 Å². The summed E-state index contributed by atoms with van der Waals surface area (Å²) < 4.78 is 73.6. The zero-order chi connectivity index (χ0) is 12.7. The molecular formula is C8H2F6I2. The Labute approximate surface area is 114 Å². The predicted octanol–water partition coefficient (Wildman–Crippen LogP) is 4.93. The summed E-state index contributed by atoms with van der Waals surface area (Å²) in [5, 5.41) is 0. The van der Waals surface area contributed by atoms with Crippen LogP contribution in [-0.2, 0) is 12.4 Å². The predicted molar refractivity (Wildman–Crippen MR) is 61.9 cm³/mol. The molecule has 1 aromatic carbocycles. The van der Waals surface area contributed by atoms with Crippen LogP contribution in [0.3, 0.4) is 0 Å². The summed E-state index contributed by atoms with van der Waals surface area (Å²) in [6.07, 6.45) is -9.56. The van der Waals surface area contributed by atoms with E-state index in [1.165, 1.54) is 22.6 Å². The summed E-state index contributed by atoms with van der Waals surface area (Å²) in [5.41, 5.74) is -2.50. The second kappa shape index (κ2) is 4.50. The highest BCUT2D eigenvalue weighted by Crippen LogP contribution is 2.41. The first kappa shape index (κ1) is 14.3. The number of benzene rings is 1. The van der Waals surface area contributed by atoms with Crippen molar-refractivity contribution in [1.29, 1.82) is 0 Å². The molecular weight excluding hydrogens is 464 g/mol. The van der Waals surface area contributed by atoms with Crippen molar-refractivity contribution in [2.45, 2.75) is 12.4 Å². The van der Waals surface area contributed by atoms with Gasteiger partial charge in [-0.3, -0.25) is 0 Å². The minimum absolute atomic E-state index is 0.248. The molecule has 16 heavy (non-hydrogen) atoms. The summed E-state index contributed by atoms with van der Waals surface area (Å²) in [7, 11) is 0. The molecule has 0 amide bonds. The Morgan fingerprint density at radius 2 is 1.31 bits per heavy atom. The Hall–Kier alpha value is 0.260. The van der Waals surface area contributed by atoms with E-state index in [4.69, 9.17) is 0 Å². The maximum atomic E-state index is 12.5. The van der Waals surface area contributed by atoms with Crippen molar-refractivity contribution in [1.82, 2.24) is 0 Å². The zero-order valence-corrected chi connectivity index (χ0v) is 11.5. The van der Waals surface area contributed by atoms with Gasteiger partial charge in [0.05, 0.1) is 11.1 Å². The third kappa shape index (κ3) is 2.93. The van der Waals surface area contributed by atoms with Gasteiger partial charge in [0.25, 0.3) is 0 Å². The van der Waals surface area contributed by atoms with Crippen LogP contribution in [-0.4, -0.2) is 0 Å². The molecule has 0 aliphatic heterocycles. The molecule has 0 nitrogen and oxygen atoms in total. The van der Waals surface area contributed by atoms with Crippen LogP contribution in [0.4, 0.5) is 26.3 Å². The lowest BCUT2D eigenvalue weighted by Gasteiger charge is -2.16. The summed E-state index contributed by atoms with van der Waals surface area (Å²) in [6.45, 7) is 0.